The molecular formula is C13H16N4O2. The predicted octanol–water partition coefficient (Wildman–Crippen LogP) is 1.53. The molecule has 0 bridgehead atoms. The Morgan fingerprint density at radius 1 is 1.16 bits per heavy atom. The molecule has 1 aromatic carbocycles. The second-order valence-corrected chi connectivity index (χ2v) is 3.84. The maximum Gasteiger partial charge on any atom is 0.240 e. The summed E-state index contributed by atoms with van der Waals surface area (Å²) in [6.07, 6.45) is 1.65. The van der Waals surface area contributed by atoms with Gasteiger partial charge in [0.2, 0.25) is 11.8 Å². The number of ether oxygens (including phenoxy) is 2. The van der Waals surface area contributed by atoms with Gasteiger partial charge in [0.25, 0.3) is 0 Å². The second kappa shape index (κ2) is 6.55. The van der Waals surface area contributed by atoms with Gasteiger partial charge in [0.15, 0.2) is 0 Å². The average Bonchev–Trinajstić information content (AvgIpc) is 2.46. The number of aryl methyl sites for hydroxylation is 1. The monoisotopic (exact) mass is 260 g/mol. The molecule has 0 atom stereocenters. The third-order valence-corrected chi connectivity index (χ3v) is 2.39. The van der Waals surface area contributed by atoms with Crippen molar-refractivity contribution >= 4 is 5.95 Å². The molecule has 0 saturated carbocycles. The van der Waals surface area contributed by atoms with Crippen molar-refractivity contribution in [3.63, 3.8) is 0 Å². The van der Waals surface area contributed by atoms with Gasteiger partial charge in [-0.25, -0.2) is 10.8 Å². The van der Waals surface area contributed by atoms with Gasteiger partial charge in [-0.3, -0.25) is 5.43 Å². The number of benzene rings is 1. The summed E-state index contributed by atoms with van der Waals surface area (Å²) in [5, 5.41) is 0. The number of aromatic nitrogens is 2. The van der Waals surface area contributed by atoms with Gasteiger partial charge >= 0.3 is 0 Å². The zero-order valence-electron chi connectivity index (χ0n) is 10.7. The summed E-state index contributed by atoms with van der Waals surface area (Å²) in [7, 11) is 0. The smallest absolute Gasteiger partial charge is 0.240 e. The first kappa shape index (κ1) is 13.1. The maximum absolute atomic E-state index is 5.53. The molecule has 0 amide bonds. The molecule has 0 aliphatic carbocycles. The second-order valence-electron chi connectivity index (χ2n) is 3.84. The highest BCUT2D eigenvalue weighted by atomic mass is 16.5. The van der Waals surface area contributed by atoms with Crippen molar-refractivity contribution in [1.82, 2.24) is 9.97 Å². The summed E-state index contributed by atoms with van der Waals surface area (Å²) in [6.45, 7) is 2.71. The molecule has 0 aliphatic rings. The third-order valence-electron chi connectivity index (χ3n) is 2.39. The first-order valence-corrected chi connectivity index (χ1v) is 5.90. The number of hydrazine groups is 1. The zero-order chi connectivity index (χ0) is 13.5. The number of rotatable bonds is 6. The zero-order valence-corrected chi connectivity index (χ0v) is 10.7. The SMILES string of the molecule is Cc1cnc(NN)nc1OCCOc1ccccc1. The number of anilines is 1. The van der Waals surface area contributed by atoms with Crippen LogP contribution >= 0.6 is 0 Å². The molecule has 100 valence electrons. The van der Waals surface area contributed by atoms with Crippen LogP contribution in [-0.4, -0.2) is 23.2 Å². The van der Waals surface area contributed by atoms with Gasteiger partial charge in [-0.2, -0.15) is 4.98 Å². The molecule has 0 saturated heterocycles. The maximum atomic E-state index is 5.53. The van der Waals surface area contributed by atoms with Crippen LogP contribution < -0.4 is 20.7 Å². The van der Waals surface area contributed by atoms with E-state index in [9.17, 15) is 0 Å². The summed E-state index contributed by atoms with van der Waals surface area (Å²) in [6, 6.07) is 9.57. The fourth-order valence-corrected chi connectivity index (χ4v) is 1.46. The van der Waals surface area contributed by atoms with Gasteiger partial charge in [-0.15, -0.1) is 0 Å². The van der Waals surface area contributed by atoms with Crippen LogP contribution in [0.4, 0.5) is 5.95 Å². The number of nitrogen functional groups attached to an aromatic ring is 1. The fourth-order valence-electron chi connectivity index (χ4n) is 1.46. The van der Waals surface area contributed by atoms with Gasteiger partial charge in [0.1, 0.15) is 19.0 Å². The van der Waals surface area contributed by atoms with E-state index in [-0.39, 0.29) is 0 Å². The molecule has 0 spiro atoms. The van der Waals surface area contributed by atoms with Gasteiger partial charge in [-0.1, -0.05) is 18.2 Å². The minimum absolute atomic E-state index is 0.324. The fraction of sp³-hybridized carbons (Fsp3) is 0.231. The van der Waals surface area contributed by atoms with Crippen LogP contribution in [0.2, 0.25) is 0 Å². The minimum atomic E-state index is 0.324. The largest absolute Gasteiger partial charge is 0.490 e. The van der Waals surface area contributed by atoms with E-state index >= 15 is 0 Å². The first-order valence-electron chi connectivity index (χ1n) is 5.90. The Morgan fingerprint density at radius 2 is 1.89 bits per heavy atom. The molecule has 1 heterocycles. The molecule has 6 nitrogen and oxygen atoms in total. The highest BCUT2D eigenvalue weighted by Gasteiger charge is 2.04. The molecule has 2 aromatic rings. The minimum Gasteiger partial charge on any atom is -0.490 e. The highest BCUT2D eigenvalue weighted by molar-refractivity contribution is 5.31. The van der Waals surface area contributed by atoms with Crippen molar-refractivity contribution in [3.8, 4) is 11.6 Å². The van der Waals surface area contributed by atoms with E-state index in [2.05, 4.69) is 15.4 Å². The third kappa shape index (κ3) is 3.82. The Labute approximate surface area is 111 Å². The Kier molecular flexibility index (Phi) is 4.52. The molecule has 0 aliphatic heterocycles. The van der Waals surface area contributed by atoms with E-state index < -0.39 is 0 Å². The number of nitrogens with zero attached hydrogens (tertiary/aromatic N) is 2. The van der Waals surface area contributed by atoms with E-state index in [1.807, 2.05) is 37.3 Å². The molecule has 0 unspecified atom stereocenters. The molecule has 0 fully saturated rings. The van der Waals surface area contributed by atoms with Crippen molar-refractivity contribution in [3.05, 3.63) is 42.1 Å². The van der Waals surface area contributed by atoms with Crippen molar-refractivity contribution in [1.29, 1.82) is 0 Å². The summed E-state index contributed by atoms with van der Waals surface area (Å²) >= 11 is 0. The lowest BCUT2D eigenvalue weighted by Gasteiger charge is -2.10. The Morgan fingerprint density at radius 3 is 2.63 bits per heavy atom. The van der Waals surface area contributed by atoms with Crippen LogP contribution in [0.25, 0.3) is 0 Å². The van der Waals surface area contributed by atoms with E-state index in [0.717, 1.165) is 11.3 Å². The van der Waals surface area contributed by atoms with Crippen LogP contribution in [0.1, 0.15) is 5.56 Å². The van der Waals surface area contributed by atoms with Crippen molar-refractivity contribution in [2.45, 2.75) is 6.92 Å². The summed E-state index contributed by atoms with van der Waals surface area (Å²) in [4.78, 5) is 8.09. The van der Waals surface area contributed by atoms with Crippen molar-refractivity contribution in [2.24, 2.45) is 5.84 Å². The van der Waals surface area contributed by atoms with Gasteiger partial charge in [0, 0.05) is 11.8 Å². The van der Waals surface area contributed by atoms with Crippen LogP contribution in [0.15, 0.2) is 36.5 Å². The summed E-state index contributed by atoms with van der Waals surface area (Å²) in [5.41, 5.74) is 3.22. The lowest BCUT2D eigenvalue weighted by atomic mass is 10.3. The Balaban J connectivity index is 1.82. The van der Waals surface area contributed by atoms with Crippen LogP contribution in [-0.2, 0) is 0 Å². The molecule has 2 rings (SSSR count). The molecule has 1 aromatic heterocycles. The van der Waals surface area contributed by atoms with Crippen molar-refractivity contribution < 1.29 is 9.47 Å². The van der Waals surface area contributed by atoms with Crippen LogP contribution in [0, 0.1) is 6.92 Å². The molecule has 0 radical (unpaired) electrons. The average molecular weight is 260 g/mol. The van der Waals surface area contributed by atoms with E-state index in [1.165, 1.54) is 0 Å². The van der Waals surface area contributed by atoms with E-state index in [4.69, 9.17) is 15.3 Å². The lowest BCUT2D eigenvalue weighted by Crippen LogP contribution is -2.14. The number of nitrogens with two attached hydrogens (primary N) is 1. The number of para-hydroxylation sites is 1. The number of nitrogens with one attached hydrogen (secondary N) is 1. The van der Waals surface area contributed by atoms with Crippen LogP contribution in [0.3, 0.4) is 0 Å². The number of hydrogen-bond acceptors (Lipinski definition) is 6. The molecule has 3 N–H and O–H groups in total. The molecule has 19 heavy (non-hydrogen) atoms. The normalized spacial score (nSPS) is 10.0. The Bertz CT molecular complexity index is 519. The van der Waals surface area contributed by atoms with Crippen molar-refractivity contribution in [2.75, 3.05) is 18.6 Å². The summed E-state index contributed by atoms with van der Waals surface area (Å²) < 4.78 is 11.0. The Hall–Kier alpha value is -2.34. The first-order chi connectivity index (χ1) is 9.29. The number of hydrogen-bond donors (Lipinski definition) is 2. The van der Waals surface area contributed by atoms with Crippen LogP contribution in [0.5, 0.6) is 11.6 Å². The summed E-state index contributed by atoms with van der Waals surface area (Å²) in [5.74, 6) is 6.88. The van der Waals surface area contributed by atoms with E-state index in [1.54, 1.807) is 6.20 Å². The molecule has 6 heteroatoms. The lowest BCUT2D eigenvalue weighted by molar-refractivity contribution is 0.211. The van der Waals surface area contributed by atoms with Gasteiger partial charge in [-0.05, 0) is 19.1 Å². The van der Waals surface area contributed by atoms with E-state index in [0.29, 0.717) is 25.0 Å². The predicted molar refractivity (Wildman–Crippen MR) is 72.0 cm³/mol. The standard InChI is InChI=1S/C13H16N4O2/c1-10-9-15-13(17-14)16-12(10)19-8-7-18-11-5-3-2-4-6-11/h2-6,9H,7-8,14H2,1H3,(H,15,16,17). The topological polar surface area (TPSA) is 82.3 Å². The molecular weight excluding hydrogens is 244 g/mol. The van der Waals surface area contributed by atoms with Gasteiger partial charge in [0.05, 0.1) is 0 Å². The van der Waals surface area contributed by atoms with Gasteiger partial charge < -0.3 is 9.47 Å². The highest BCUT2D eigenvalue weighted by Crippen LogP contribution is 2.14. The quantitative estimate of drug-likeness (QED) is 0.465.